The number of phenols is 1. The second kappa shape index (κ2) is 6.05. The van der Waals surface area contributed by atoms with Crippen LogP contribution in [-0.4, -0.2) is 11.7 Å². The standard InChI is InChI=1S/C10H10Br3NO.ClH/c11-5-4-6(12)10(15)9(13)8(5)7-2-1-3-14-7;/h4,7,14-15H,1-3H2;1H/t7-;/m0./s1. The Bertz CT molecular complexity index is 394. The molecule has 0 aliphatic carbocycles. The topological polar surface area (TPSA) is 32.3 Å². The fraction of sp³-hybridized carbons (Fsp3) is 0.400. The number of halogens is 4. The minimum atomic E-state index is 0. The molecule has 16 heavy (non-hydrogen) atoms. The van der Waals surface area contributed by atoms with Crippen LogP contribution in [0, 0.1) is 0 Å². The molecule has 1 fully saturated rings. The number of nitrogens with one attached hydrogen (secondary N) is 1. The van der Waals surface area contributed by atoms with Crippen LogP contribution in [0.3, 0.4) is 0 Å². The van der Waals surface area contributed by atoms with Crippen LogP contribution >= 0.6 is 60.2 Å². The van der Waals surface area contributed by atoms with E-state index in [2.05, 4.69) is 53.1 Å². The number of phenolic OH excluding ortho intramolecular Hbond substituents is 1. The van der Waals surface area contributed by atoms with Crippen molar-refractivity contribution in [3.8, 4) is 5.75 Å². The van der Waals surface area contributed by atoms with Gasteiger partial charge in [0.15, 0.2) is 0 Å². The predicted molar refractivity (Wildman–Crippen MR) is 78.4 cm³/mol. The molecule has 0 spiro atoms. The highest BCUT2D eigenvalue weighted by Crippen LogP contribution is 2.43. The average Bonchev–Trinajstić information content (AvgIpc) is 2.68. The van der Waals surface area contributed by atoms with E-state index >= 15 is 0 Å². The van der Waals surface area contributed by atoms with Crippen LogP contribution in [0.1, 0.15) is 24.4 Å². The third-order valence-electron chi connectivity index (χ3n) is 2.59. The van der Waals surface area contributed by atoms with Crippen molar-refractivity contribution in [2.75, 3.05) is 6.54 Å². The van der Waals surface area contributed by atoms with E-state index in [9.17, 15) is 5.11 Å². The van der Waals surface area contributed by atoms with E-state index < -0.39 is 0 Å². The molecule has 0 aromatic heterocycles. The van der Waals surface area contributed by atoms with Gasteiger partial charge < -0.3 is 10.4 Å². The van der Waals surface area contributed by atoms with Crippen LogP contribution in [0.2, 0.25) is 0 Å². The molecule has 0 radical (unpaired) electrons. The third-order valence-corrected chi connectivity index (χ3v) is 4.65. The van der Waals surface area contributed by atoms with Gasteiger partial charge in [-0.3, -0.25) is 0 Å². The van der Waals surface area contributed by atoms with Gasteiger partial charge >= 0.3 is 0 Å². The second-order valence-electron chi connectivity index (χ2n) is 3.57. The zero-order valence-corrected chi connectivity index (χ0v) is 13.8. The van der Waals surface area contributed by atoms with Crippen LogP contribution in [0.5, 0.6) is 5.75 Å². The first-order valence-corrected chi connectivity index (χ1v) is 7.09. The summed E-state index contributed by atoms with van der Waals surface area (Å²) in [7, 11) is 0. The van der Waals surface area contributed by atoms with Crippen molar-refractivity contribution >= 4 is 60.2 Å². The van der Waals surface area contributed by atoms with Crippen LogP contribution in [0.15, 0.2) is 19.5 Å². The summed E-state index contributed by atoms with van der Waals surface area (Å²) in [6, 6.07) is 2.21. The number of rotatable bonds is 1. The fourth-order valence-corrected chi connectivity index (χ4v) is 4.52. The molecule has 1 aromatic carbocycles. The van der Waals surface area contributed by atoms with E-state index in [1.54, 1.807) is 0 Å². The Morgan fingerprint density at radius 3 is 2.50 bits per heavy atom. The van der Waals surface area contributed by atoms with E-state index in [0.717, 1.165) is 27.5 Å². The van der Waals surface area contributed by atoms with Crippen molar-refractivity contribution in [2.45, 2.75) is 18.9 Å². The van der Waals surface area contributed by atoms with Crippen LogP contribution in [0.4, 0.5) is 0 Å². The largest absolute Gasteiger partial charge is 0.506 e. The Hall–Kier alpha value is 0.710. The summed E-state index contributed by atoms with van der Waals surface area (Å²) < 4.78 is 2.48. The summed E-state index contributed by atoms with van der Waals surface area (Å²) in [6.07, 6.45) is 2.29. The summed E-state index contributed by atoms with van der Waals surface area (Å²) in [6.45, 7) is 1.04. The highest BCUT2D eigenvalue weighted by Gasteiger charge is 2.23. The molecule has 90 valence electrons. The number of aromatic hydroxyl groups is 1. The maximum atomic E-state index is 9.83. The van der Waals surface area contributed by atoms with Crippen LogP contribution in [-0.2, 0) is 0 Å². The summed E-state index contributed by atoms with van der Waals surface area (Å²) >= 11 is 10.3. The summed E-state index contributed by atoms with van der Waals surface area (Å²) in [4.78, 5) is 0. The average molecular weight is 436 g/mol. The molecule has 2 nitrogen and oxygen atoms in total. The monoisotopic (exact) mass is 433 g/mol. The van der Waals surface area contributed by atoms with Crippen molar-refractivity contribution in [2.24, 2.45) is 0 Å². The Balaban J connectivity index is 0.00000128. The minimum Gasteiger partial charge on any atom is -0.506 e. The van der Waals surface area contributed by atoms with Gasteiger partial charge in [-0.05, 0) is 57.3 Å². The van der Waals surface area contributed by atoms with Gasteiger partial charge in [0.05, 0.1) is 8.95 Å². The van der Waals surface area contributed by atoms with E-state index in [4.69, 9.17) is 0 Å². The molecular weight excluding hydrogens is 425 g/mol. The van der Waals surface area contributed by atoms with E-state index in [-0.39, 0.29) is 18.2 Å². The van der Waals surface area contributed by atoms with E-state index in [1.165, 1.54) is 6.42 Å². The molecule has 1 heterocycles. The fourth-order valence-electron chi connectivity index (χ4n) is 1.84. The molecule has 2 N–H and O–H groups in total. The third kappa shape index (κ3) is 2.75. The first-order chi connectivity index (χ1) is 7.11. The van der Waals surface area contributed by atoms with Gasteiger partial charge in [-0.2, -0.15) is 0 Å². The number of hydrogen-bond acceptors (Lipinski definition) is 2. The first-order valence-electron chi connectivity index (χ1n) is 4.71. The maximum Gasteiger partial charge on any atom is 0.144 e. The van der Waals surface area contributed by atoms with Crippen LogP contribution in [0.25, 0.3) is 0 Å². The predicted octanol–water partition coefficient (Wildman–Crippen LogP) is 4.53. The first kappa shape index (κ1) is 14.8. The van der Waals surface area contributed by atoms with Crippen molar-refractivity contribution < 1.29 is 5.11 Å². The Morgan fingerprint density at radius 2 is 1.94 bits per heavy atom. The van der Waals surface area contributed by atoms with Gasteiger partial charge in [-0.25, -0.2) is 0 Å². The Labute approximate surface area is 126 Å². The molecule has 1 aliphatic heterocycles. The number of benzene rings is 1. The molecular formula is C10H11Br3ClNO. The molecule has 1 atom stereocenters. The Kier molecular flexibility index (Phi) is 5.58. The smallest absolute Gasteiger partial charge is 0.144 e. The summed E-state index contributed by atoms with van der Waals surface area (Å²) in [5.74, 6) is 0.266. The molecule has 1 saturated heterocycles. The maximum absolute atomic E-state index is 9.83. The van der Waals surface area contributed by atoms with Crippen molar-refractivity contribution in [1.29, 1.82) is 0 Å². The molecule has 2 rings (SSSR count). The van der Waals surface area contributed by atoms with E-state index in [0.29, 0.717) is 10.5 Å². The van der Waals surface area contributed by atoms with Gasteiger partial charge in [0.2, 0.25) is 0 Å². The molecule has 1 aromatic rings. The zero-order valence-electron chi connectivity index (χ0n) is 8.27. The van der Waals surface area contributed by atoms with Gasteiger partial charge in [-0.1, -0.05) is 15.9 Å². The van der Waals surface area contributed by atoms with Crippen molar-refractivity contribution in [1.82, 2.24) is 5.32 Å². The quantitative estimate of drug-likeness (QED) is 0.679. The lowest BCUT2D eigenvalue weighted by atomic mass is 10.1. The normalized spacial score (nSPS) is 19.6. The molecule has 0 amide bonds. The van der Waals surface area contributed by atoms with Crippen molar-refractivity contribution in [3.05, 3.63) is 25.0 Å². The molecule has 1 aliphatic rings. The Morgan fingerprint density at radius 1 is 1.25 bits per heavy atom. The van der Waals surface area contributed by atoms with Crippen LogP contribution < -0.4 is 5.32 Å². The highest BCUT2D eigenvalue weighted by molar-refractivity contribution is 9.11. The molecule has 0 saturated carbocycles. The molecule has 0 bridgehead atoms. The van der Waals surface area contributed by atoms with Crippen molar-refractivity contribution in [3.63, 3.8) is 0 Å². The van der Waals surface area contributed by atoms with Gasteiger partial charge in [0, 0.05) is 16.1 Å². The van der Waals surface area contributed by atoms with Gasteiger partial charge in [0.25, 0.3) is 0 Å². The zero-order chi connectivity index (χ0) is 11.0. The summed E-state index contributed by atoms with van der Waals surface area (Å²) in [5.41, 5.74) is 1.10. The lowest BCUT2D eigenvalue weighted by Crippen LogP contribution is -2.14. The lowest BCUT2D eigenvalue weighted by Gasteiger charge is -2.16. The molecule has 0 unspecified atom stereocenters. The van der Waals surface area contributed by atoms with Gasteiger partial charge in [-0.15, -0.1) is 12.4 Å². The molecule has 6 heteroatoms. The highest BCUT2D eigenvalue weighted by atomic mass is 79.9. The number of hydrogen-bond donors (Lipinski definition) is 2. The lowest BCUT2D eigenvalue weighted by molar-refractivity contribution is 0.465. The summed E-state index contributed by atoms with van der Waals surface area (Å²) in [5, 5.41) is 13.2. The SMILES string of the molecule is Cl.Oc1c(Br)cc(Br)c([C@@H]2CCCN2)c1Br. The second-order valence-corrected chi connectivity index (χ2v) is 6.07. The van der Waals surface area contributed by atoms with E-state index in [1.807, 2.05) is 6.07 Å². The van der Waals surface area contributed by atoms with Gasteiger partial charge in [0.1, 0.15) is 5.75 Å². The minimum absolute atomic E-state index is 0.